The first kappa shape index (κ1) is 7.43. The van der Waals surface area contributed by atoms with E-state index in [1.54, 1.807) is 18.2 Å². The van der Waals surface area contributed by atoms with E-state index in [4.69, 9.17) is 4.74 Å². The van der Waals surface area contributed by atoms with Gasteiger partial charge in [0.05, 0.1) is 0 Å². The molecule has 1 fully saturated rings. The van der Waals surface area contributed by atoms with E-state index in [-0.39, 0.29) is 11.9 Å². The van der Waals surface area contributed by atoms with Gasteiger partial charge < -0.3 is 9.53 Å². The largest absolute Gasteiger partial charge is 0.356 e. The molecule has 2 rings (SSSR count). The molecule has 3 heteroatoms. The molecule has 1 aliphatic rings. The van der Waals surface area contributed by atoms with Crippen LogP contribution in [-0.4, -0.2) is 12.4 Å². The van der Waals surface area contributed by atoms with Gasteiger partial charge in [-0.05, 0) is 6.07 Å². The van der Waals surface area contributed by atoms with E-state index in [0.29, 0.717) is 11.8 Å². The van der Waals surface area contributed by atoms with Gasteiger partial charge in [0.25, 0.3) is 0 Å². The lowest BCUT2D eigenvalue weighted by Gasteiger charge is -1.95. The van der Waals surface area contributed by atoms with Crippen molar-refractivity contribution < 1.29 is 13.9 Å². The van der Waals surface area contributed by atoms with Crippen LogP contribution < -0.4 is 0 Å². The van der Waals surface area contributed by atoms with Crippen molar-refractivity contribution in [1.82, 2.24) is 0 Å². The first-order valence-corrected chi connectivity index (χ1v) is 3.68. The van der Waals surface area contributed by atoms with E-state index in [0.717, 1.165) is 0 Å². The molecule has 2 atom stereocenters. The number of ether oxygens (including phenoxy) is 1. The van der Waals surface area contributed by atoms with Crippen molar-refractivity contribution in [2.75, 3.05) is 0 Å². The van der Waals surface area contributed by atoms with Crippen LogP contribution in [0.5, 0.6) is 0 Å². The fourth-order valence-electron chi connectivity index (χ4n) is 1.18. The second-order valence-electron chi connectivity index (χ2n) is 2.68. The highest BCUT2D eigenvalue weighted by molar-refractivity contribution is 5.61. The summed E-state index contributed by atoms with van der Waals surface area (Å²) in [7, 11) is 0. The maximum Gasteiger partial charge on any atom is 0.151 e. The van der Waals surface area contributed by atoms with E-state index < -0.39 is 6.10 Å². The Balaban J connectivity index is 2.25. The van der Waals surface area contributed by atoms with Crippen molar-refractivity contribution in [3.05, 3.63) is 35.6 Å². The van der Waals surface area contributed by atoms with Crippen LogP contribution in [0.2, 0.25) is 0 Å². The zero-order valence-corrected chi connectivity index (χ0v) is 6.24. The summed E-state index contributed by atoms with van der Waals surface area (Å²) in [6, 6.07) is 6.32. The van der Waals surface area contributed by atoms with E-state index in [1.807, 2.05) is 0 Å². The van der Waals surface area contributed by atoms with Crippen LogP contribution in [0.15, 0.2) is 24.3 Å². The Morgan fingerprint density at radius 3 is 2.75 bits per heavy atom. The number of carbonyl (C=O) groups excluding carboxylic acids is 1. The van der Waals surface area contributed by atoms with Crippen LogP contribution >= 0.6 is 0 Å². The fourth-order valence-corrected chi connectivity index (χ4v) is 1.18. The molecule has 1 heterocycles. The van der Waals surface area contributed by atoms with Crippen molar-refractivity contribution in [2.24, 2.45) is 0 Å². The lowest BCUT2D eigenvalue weighted by molar-refractivity contribution is -0.108. The molecular formula is C9H7FO2. The average molecular weight is 166 g/mol. The summed E-state index contributed by atoms with van der Waals surface area (Å²) in [5.41, 5.74) is 0.467. The molecule has 0 aromatic heterocycles. The summed E-state index contributed by atoms with van der Waals surface area (Å²) in [4.78, 5) is 10.2. The van der Waals surface area contributed by atoms with Crippen molar-refractivity contribution in [3.63, 3.8) is 0 Å². The molecule has 0 amide bonds. The first-order valence-electron chi connectivity index (χ1n) is 3.68. The number of aldehydes is 1. The second-order valence-corrected chi connectivity index (χ2v) is 2.68. The molecule has 2 nitrogen and oxygen atoms in total. The molecule has 0 saturated carbocycles. The molecule has 0 bridgehead atoms. The van der Waals surface area contributed by atoms with Gasteiger partial charge in [-0.1, -0.05) is 18.2 Å². The Kier molecular flexibility index (Phi) is 1.66. The molecule has 62 valence electrons. The van der Waals surface area contributed by atoms with E-state index >= 15 is 0 Å². The molecule has 12 heavy (non-hydrogen) atoms. The van der Waals surface area contributed by atoms with Crippen molar-refractivity contribution in [2.45, 2.75) is 12.2 Å². The van der Waals surface area contributed by atoms with Crippen LogP contribution in [0.4, 0.5) is 4.39 Å². The standard InChI is InChI=1S/C9H7FO2/c10-7-4-2-1-3-6(7)9-8(5-11)12-9/h1-5,8-9H/t8-,9-/m0/s1. The van der Waals surface area contributed by atoms with Crippen molar-refractivity contribution >= 4 is 6.29 Å². The monoisotopic (exact) mass is 166 g/mol. The van der Waals surface area contributed by atoms with Crippen LogP contribution in [0.1, 0.15) is 11.7 Å². The third-order valence-electron chi connectivity index (χ3n) is 1.87. The Bertz CT molecular complexity index is 311. The third-order valence-corrected chi connectivity index (χ3v) is 1.87. The van der Waals surface area contributed by atoms with Crippen molar-refractivity contribution in [1.29, 1.82) is 0 Å². The van der Waals surface area contributed by atoms with Gasteiger partial charge in [0, 0.05) is 5.56 Å². The lowest BCUT2D eigenvalue weighted by atomic mass is 10.1. The number of benzene rings is 1. The number of rotatable bonds is 2. The number of halogens is 1. The number of epoxide rings is 1. The van der Waals surface area contributed by atoms with E-state index in [2.05, 4.69) is 0 Å². The Morgan fingerprint density at radius 1 is 1.42 bits per heavy atom. The van der Waals surface area contributed by atoms with Crippen molar-refractivity contribution in [3.8, 4) is 0 Å². The maximum atomic E-state index is 13.0. The zero-order chi connectivity index (χ0) is 8.55. The van der Waals surface area contributed by atoms with Gasteiger partial charge in [-0.2, -0.15) is 0 Å². The van der Waals surface area contributed by atoms with Gasteiger partial charge in [0.15, 0.2) is 6.29 Å². The first-order chi connectivity index (χ1) is 5.83. The number of hydrogen-bond acceptors (Lipinski definition) is 2. The molecule has 0 aliphatic carbocycles. The summed E-state index contributed by atoms with van der Waals surface area (Å²) in [5.74, 6) is -0.313. The summed E-state index contributed by atoms with van der Waals surface area (Å²) in [6.07, 6.45) is -0.109. The molecule has 0 N–H and O–H groups in total. The molecule has 1 aromatic carbocycles. The molecular weight excluding hydrogens is 159 g/mol. The number of hydrogen-bond donors (Lipinski definition) is 0. The SMILES string of the molecule is O=C[C@@H]1O[C@H]1c1ccccc1F. The van der Waals surface area contributed by atoms with Crippen LogP contribution in [0.25, 0.3) is 0 Å². The highest BCUT2D eigenvalue weighted by Crippen LogP contribution is 2.38. The summed E-state index contributed by atoms with van der Waals surface area (Å²) in [6.45, 7) is 0. The van der Waals surface area contributed by atoms with Crippen LogP contribution in [-0.2, 0) is 9.53 Å². The van der Waals surface area contributed by atoms with Gasteiger partial charge in [-0.15, -0.1) is 0 Å². The summed E-state index contributed by atoms with van der Waals surface area (Å²) in [5, 5.41) is 0. The van der Waals surface area contributed by atoms with Gasteiger partial charge in [0.2, 0.25) is 0 Å². The summed E-state index contributed by atoms with van der Waals surface area (Å²) >= 11 is 0. The molecule has 0 radical (unpaired) electrons. The number of carbonyl (C=O) groups is 1. The Morgan fingerprint density at radius 2 is 2.17 bits per heavy atom. The minimum atomic E-state index is -0.443. The van der Waals surface area contributed by atoms with E-state index in [1.165, 1.54) is 6.07 Å². The summed E-state index contributed by atoms with van der Waals surface area (Å²) < 4.78 is 17.9. The predicted molar refractivity (Wildman–Crippen MR) is 40.1 cm³/mol. The van der Waals surface area contributed by atoms with Gasteiger partial charge >= 0.3 is 0 Å². The Hall–Kier alpha value is -1.22. The predicted octanol–water partition coefficient (Wildman–Crippen LogP) is 1.46. The highest BCUT2D eigenvalue weighted by Gasteiger charge is 2.41. The highest BCUT2D eigenvalue weighted by atomic mass is 19.1. The molecule has 0 spiro atoms. The Labute approximate surface area is 69.0 Å². The minimum Gasteiger partial charge on any atom is -0.356 e. The lowest BCUT2D eigenvalue weighted by Crippen LogP contribution is -1.92. The molecule has 1 aromatic rings. The van der Waals surface area contributed by atoms with E-state index in [9.17, 15) is 9.18 Å². The molecule has 1 aliphatic heterocycles. The minimum absolute atomic E-state index is 0.313. The van der Waals surface area contributed by atoms with Gasteiger partial charge in [0.1, 0.15) is 18.0 Å². The molecule has 0 unspecified atom stereocenters. The molecule has 1 saturated heterocycles. The van der Waals surface area contributed by atoms with Crippen LogP contribution in [0, 0.1) is 5.82 Å². The third kappa shape index (κ3) is 1.12. The normalized spacial score (nSPS) is 26.8. The average Bonchev–Trinajstić information content (AvgIpc) is 2.84. The fraction of sp³-hybridized carbons (Fsp3) is 0.222. The topological polar surface area (TPSA) is 29.6 Å². The van der Waals surface area contributed by atoms with Gasteiger partial charge in [-0.25, -0.2) is 4.39 Å². The smallest absolute Gasteiger partial charge is 0.151 e. The maximum absolute atomic E-state index is 13.0. The second kappa shape index (κ2) is 2.68. The van der Waals surface area contributed by atoms with Gasteiger partial charge in [-0.3, -0.25) is 0 Å². The zero-order valence-electron chi connectivity index (χ0n) is 6.24. The van der Waals surface area contributed by atoms with Crippen LogP contribution in [0.3, 0.4) is 0 Å². The quantitative estimate of drug-likeness (QED) is 0.491.